The highest BCUT2D eigenvalue weighted by molar-refractivity contribution is 5.94. The number of benzene rings is 1. The fourth-order valence-electron chi connectivity index (χ4n) is 3.34. The summed E-state index contributed by atoms with van der Waals surface area (Å²) in [6.07, 6.45) is 1.68. The van der Waals surface area contributed by atoms with Crippen molar-refractivity contribution in [3.63, 3.8) is 0 Å². The van der Waals surface area contributed by atoms with Crippen LogP contribution in [0.1, 0.15) is 47.4 Å². The van der Waals surface area contributed by atoms with Crippen LogP contribution >= 0.6 is 0 Å². The Morgan fingerprint density at radius 1 is 1.21 bits per heavy atom. The monoisotopic (exact) mass is 328 g/mol. The van der Waals surface area contributed by atoms with Gasteiger partial charge in [-0.2, -0.15) is 5.10 Å². The fraction of sp³-hybridized carbons (Fsp3) is 0.500. The minimum absolute atomic E-state index is 0.0642. The van der Waals surface area contributed by atoms with Crippen LogP contribution in [-0.2, 0) is 13.6 Å². The summed E-state index contributed by atoms with van der Waals surface area (Å²) >= 11 is 0. The van der Waals surface area contributed by atoms with E-state index in [1.807, 2.05) is 43.0 Å². The van der Waals surface area contributed by atoms with E-state index < -0.39 is 0 Å². The second-order valence-corrected chi connectivity index (χ2v) is 6.44. The highest BCUT2D eigenvalue weighted by Gasteiger charge is 2.28. The highest BCUT2D eigenvalue weighted by atomic mass is 16.2. The molecular weight excluding hydrogens is 304 g/mol. The van der Waals surface area contributed by atoms with E-state index in [1.54, 1.807) is 11.6 Å². The number of carbonyl (C=O) groups is 1. The van der Waals surface area contributed by atoms with Gasteiger partial charge in [0, 0.05) is 38.2 Å². The van der Waals surface area contributed by atoms with Crippen LogP contribution in [0, 0.1) is 6.92 Å². The molecule has 1 aromatic carbocycles. The summed E-state index contributed by atoms with van der Waals surface area (Å²) in [7, 11) is 1.69. The lowest BCUT2D eigenvalue weighted by molar-refractivity contribution is 0.0710. The summed E-state index contributed by atoms with van der Waals surface area (Å²) in [5.41, 5.74) is 1.82. The largest absolute Gasteiger partial charge is 0.345 e. The second-order valence-electron chi connectivity index (χ2n) is 6.44. The van der Waals surface area contributed by atoms with Crippen LogP contribution in [0.15, 0.2) is 29.1 Å². The maximum Gasteiger partial charge on any atom is 0.345 e. The normalized spacial score (nSPS) is 15.7. The summed E-state index contributed by atoms with van der Waals surface area (Å²) in [6.45, 7) is 6.00. The summed E-state index contributed by atoms with van der Waals surface area (Å²) in [5, 5.41) is 4.41. The Morgan fingerprint density at radius 2 is 1.83 bits per heavy atom. The van der Waals surface area contributed by atoms with Gasteiger partial charge in [0.05, 0.1) is 0 Å². The maximum atomic E-state index is 12.6. The minimum Gasteiger partial charge on any atom is -0.339 e. The van der Waals surface area contributed by atoms with Gasteiger partial charge in [-0.1, -0.05) is 17.7 Å². The first kappa shape index (κ1) is 16.5. The molecule has 0 aliphatic carbocycles. The molecule has 3 rings (SSSR count). The zero-order valence-corrected chi connectivity index (χ0v) is 14.5. The Kier molecular flexibility index (Phi) is 4.55. The van der Waals surface area contributed by atoms with Crippen LogP contribution in [0.5, 0.6) is 0 Å². The van der Waals surface area contributed by atoms with Gasteiger partial charge >= 0.3 is 5.69 Å². The SMILES string of the molecule is CCn1c(C2CCN(C(=O)c3ccc(C)cc3)CC2)nn(C)c1=O. The topological polar surface area (TPSA) is 60.1 Å². The van der Waals surface area contributed by atoms with Crippen LogP contribution in [-0.4, -0.2) is 38.2 Å². The quantitative estimate of drug-likeness (QED) is 0.865. The minimum atomic E-state index is -0.0642. The second kappa shape index (κ2) is 6.63. The summed E-state index contributed by atoms with van der Waals surface area (Å²) in [4.78, 5) is 26.5. The van der Waals surface area contributed by atoms with Crippen molar-refractivity contribution in [2.45, 2.75) is 39.2 Å². The molecule has 1 aliphatic rings. The molecular formula is C18H24N4O2. The summed E-state index contributed by atoms with van der Waals surface area (Å²) < 4.78 is 3.14. The Hall–Kier alpha value is -2.37. The Morgan fingerprint density at radius 3 is 2.42 bits per heavy atom. The first-order valence-corrected chi connectivity index (χ1v) is 8.51. The van der Waals surface area contributed by atoms with Gasteiger partial charge in [-0.15, -0.1) is 0 Å². The summed E-state index contributed by atoms with van der Waals surface area (Å²) in [5.74, 6) is 1.18. The highest BCUT2D eigenvalue weighted by Crippen LogP contribution is 2.27. The zero-order valence-electron chi connectivity index (χ0n) is 14.5. The van der Waals surface area contributed by atoms with E-state index in [0.29, 0.717) is 19.6 Å². The molecule has 0 atom stereocenters. The molecule has 1 amide bonds. The Labute approximate surface area is 141 Å². The predicted octanol–water partition coefficient (Wildman–Crippen LogP) is 1.93. The van der Waals surface area contributed by atoms with Gasteiger partial charge in [0.25, 0.3) is 5.91 Å². The van der Waals surface area contributed by atoms with Crippen molar-refractivity contribution < 1.29 is 4.79 Å². The van der Waals surface area contributed by atoms with Crippen molar-refractivity contribution in [2.75, 3.05) is 13.1 Å². The van der Waals surface area contributed by atoms with Crippen molar-refractivity contribution in [1.29, 1.82) is 0 Å². The van der Waals surface area contributed by atoms with Gasteiger partial charge in [-0.05, 0) is 38.8 Å². The van der Waals surface area contributed by atoms with Gasteiger partial charge in [0.1, 0.15) is 5.82 Å². The standard InChI is InChI=1S/C18H24N4O2/c1-4-22-16(19-20(3)18(22)24)14-9-11-21(12-10-14)17(23)15-7-5-13(2)6-8-15/h5-8,14H,4,9-12H2,1-3H3. The first-order valence-electron chi connectivity index (χ1n) is 8.51. The number of hydrogen-bond acceptors (Lipinski definition) is 3. The lowest BCUT2D eigenvalue weighted by Gasteiger charge is -2.31. The number of carbonyl (C=O) groups excluding carboxylic acids is 1. The molecule has 0 radical (unpaired) electrons. The molecule has 6 heteroatoms. The van der Waals surface area contributed by atoms with E-state index in [4.69, 9.17) is 0 Å². The number of rotatable bonds is 3. The van der Waals surface area contributed by atoms with E-state index in [2.05, 4.69) is 5.10 Å². The van der Waals surface area contributed by atoms with Gasteiger partial charge in [-0.3, -0.25) is 9.36 Å². The number of hydrogen-bond donors (Lipinski definition) is 0. The van der Waals surface area contributed by atoms with E-state index in [0.717, 1.165) is 29.8 Å². The molecule has 0 unspecified atom stereocenters. The van der Waals surface area contributed by atoms with Crippen LogP contribution in [0.3, 0.4) is 0 Å². The van der Waals surface area contributed by atoms with E-state index in [1.165, 1.54) is 4.68 Å². The zero-order chi connectivity index (χ0) is 17.3. The number of aryl methyl sites for hydroxylation is 2. The van der Waals surface area contributed by atoms with Gasteiger partial charge in [0.15, 0.2) is 0 Å². The number of piperidine rings is 1. The van der Waals surface area contributed by atoms with Gasteiger partial charge in [0.2, 0.25) is 0 Å². The molecule has 2 heterocycles. The number of amides is 1. The fourth-order valence-corrected chi connectivity index (χ4v) is 3.34. The Bertz CT molecular complexity index is 780. The molecule has 2 aromatic rings. The molecule has 0 spiro atoms. The Balaban J connectivity index is 1.70. The lowest BCUT2D eigenvalue weighted by atomic mass is 9.95. The molecule has 24 heavy (non-hydrogen) atoms. The van der Waals surface area contributed by atoms with Gasteiger partial charge in [-0.25, -0.2) is 9.48 Å². The van der Waals surface area contributed by atoms with Crippen LogP contribution < -0.4 is 5.69 Å². The maximum absolute atomic E-state index is 12.6. The number of nitrogens with zero attached hydrogens (tertiary/aromatic N) is 4. The van der Waals surface area contributed by atoms with Gasteiger partial charge < -0.3 is 4.90 Å². The molecule has 1 aromatic heterocycles. The van der Waals surface area contributed by atoms with E-state index in [-0.39, 0.29) is 17.5 Å². The summed E-state index contributed by atoms with van der Waals surface area (Å²) in [6, 6.07) is 7.70. The molecule has 1 fully saturated rings. The average Bonchev–Trinajstić information content (AvgIpc) is 2.89. The smallest absolute Gasteiger partial charge is 0.339 e. The van der Waals surface area contributed by atoms with Crippen LogP contribution in [0.4, 0.5) is 0 Å². The predicted molar refractivity (Wildman–Crippen MR) is 92.2 cm³/mol. The van der Waals surface area contributed by atoms with E-state index in [9.17, 15) is 9.59 Å². The van der Waals surface area contributed by atoms with E-state index >= 15 is 0 Å². The number of likely N-dealkylation sites (tertiary alicyclic amines) is 1. The van der Waals surface area contributed by atoms with Crippen molar-refractivity contribution in [2.24, 2.45) is 7.05 Å². The molecule has 0 bridgehead atoms. The molecule has 128 valence electrons. The average molecular weight is 328 g/mol. The third-order valence-electron chi connectivity index (χ3n) is 4.80. The van der Waals surface area contributed by atoms with Crippen molar-refractivity contribution >= 4 is 5.91 Å². The van der Waals surface area contributed by atoms with Crippen LogP contribution in [0.2, 0.25) is 0 Å². The lowest BCUT2D eigenvalue weighted by Crippen LogP contribution is -2.38. The first-order chi connectivity index (χ1) is 11.5. The van der Waals surface area contributed by atoms with Crippen molar-refractivity contribution in [3.05, 3.63) is 51.7 Å². The molecule has 6 nitrogen and oxygen atoms in total. The van der Waals surface area contributed by atoms with Crippen molar-refractivity contribution in [1.82, 2.24) is 19.2 Å². The van der Waals surface area contributed by atoms with Crippen molar-refractivity contribution in [3.8, 4) is 0 Å². The third-order valence-corrected chi connectivity index (χ3v) is 4.80. The molecule has 1 aliphatic heterocycles. The third kappa shape index (κ3) is 3.00. The molecule has 0 N–H and O–H groups in total. The number of aromatic nitrogens is 3. The molecule has 1 saturated heterocycles. The van der Waals surface area contributed by atoms with Crippen LogP contribution in [0.25, 0.3) is 0 Å². The molecule has 0 saturated carbocycles.